The van der Waals surface area contributed by atoms with Gasteiger partial charge in [-0.25, -0.2) is 8.42 Å². The number of sulfonamides is 1. The Morgan fingerprint density at radius 2 is 2.15 bits per heavy atom. The highest BCUT2D eigenvalue weighted by Gasteiger charge is 2.34. The molecule has 2 unspecified atom stereocenters. The van der Waals surface area contributed by atoms with Crippen LogP contribution in [0.15, 0.2) is 23.1 Å². The maximum Gasteiger partial charge on any atom is 0.243 e. The van der Waals surface area contributed by atoms with Crippen molar-refractivity contribution in [2.75, 3.05) is 13.2 Å². The van der Waals surface area contributed by atoms with Gasteiger partial charge in [-0.1, -0.05) is 11.6 Å². The SMILES string of the molecule is CC1CN(S(=O)(=O)c2ccc(Cl)c(CO)c2)C(C)CO1. The minimum absolute atomic E-state index is 0.134. The van der Waals surface area contributed by atoms with Crippen LogP contribution in [0.2, 0.25) is 5.02 Å². The summed E-state index contributed by atoms with van der Waals surface area (Å²) in [6.07, 6.45) is -0.134. The Bertz CT molecular complexity index is 590. The first-order valence-corrected chi connectivity index (χ1v) is 8.20. The van der Waals surface area contributed by atoms with Gasteiger partial charge in [0.2, 0.25) is 10.0 Å². The lowest BCUT2D eigenvalue weighted by Crippen LogP contribution is -2.50. The summed E-state index contributed by atoms with van der Waals surface area (Å²) in [5.41, 5.74) is 0.404. The Labute approximate surface area is 124 Å². The first-order valence-electron chi connectivity index (χ1n) is 6.39. The quantitative estimate of drug-likeness (QED) is 0.919. The molecule has 20 heavy (non-hydrogen) atoms. The van der Waals surface area contributed by atoms with Crippen molar-refractivity contribution in [1.29, 1.82) is 0 Å². The molecule has 1 N–H and O–H groups in total. The molecule has 1 aromatic rings. The molecule has 0 spiro atoms. The van der Waals surface area contributed by atoms with Crippen molar-refractivity contribution in [2.45, 2.75) is 37.5 Å². The van der Waals surface area contributed by atoms with Crippen LogP contribution in [0.1, 0.15) is 19.4 Å². The topological polar surface area (TPSA) is 66.8 Å². The minimum atomic E-state index is -3.61. The Morgan fingerprint density at radius 1 is 1.45 bits per heavy atom. The normalized spacial score (nSPS) is 24.8. The Morgan fingerprint density at radius 3 is 2.80 bits per heavy atom. The van der Waals surface area contributed by atoms with Gasteiger partial charge in [-0.2, -0.15) is 4.31 Å². The van der Waals surface area contributed by atoms with Gasteiger partial charge in [-0.05, 0) is 37.6 Å². The number of morpholine rings is 1. The predicted octanol–water partition coefficient (Wildman–Crippen LogP) is 1.63. The molecule has 1 aliphatic rings. The molecule has 1 aromatic carbocycles. The van der Waals surface area contributed by atoms with Gasteiger partial charge in [0, 0.05) is 17.6 Å². The highest BCUT2D eigenvalue weighted by molar-refractivity contribution is 7.89. The summed E-state index contributed by atoms with van der Waals surface area (Å²) in [6, 6.07) is 4.16. The van der Waals surface area contributed by atoms with Crippen molar-refractivity contribution < 1.29 is 18.3 Å². The van der Waals surface area contributed by atoms with Crippen molar-refractivity contribution in [2.24, 2.45) is 0 Å². The standard InChI is InChI=1S/C13H18ClNO4S/c1-9-8-19-10(2)6-15(9)20(17,18)12-3-4-13(14)11(5-12)7-16/h3-5,9-10,16H,6-8H2,1-2H3. The number of aliphatic hydroxyl groups excluding tert-OH is 1. The fourth-order valence-electron chi connectivity index (χ4n) is 2.18. The molecule has 0 aromatic heterocycles. The van der Waals surface area contributed by atoms with E-state index in [0.29, 0.717) is 23.7 Å². The third-order valence-electron chi connectivity index (χ3n) is 3.34. The van der Waals surface area contributed by atoms with E-state index in [0.717, 1.165) is 0 Å². The van der Waals surface area contributed by atoms with Crippen molar-refractivity contribution in [3.63, 3.8) is 0 Å². The van der Waals surface area contributed by atoms with E-state index < -0.39 is 10.0 Å². The summed E-state index contributed by atoms with van der Waals surface area (Å²) in [4.78, 5) is 0.145. The Kier molecular flexibility index (Phi) is 4.71. The van der Waals surface area contributed by atoms with E-state index >= 15 is 0 Å². The maximum atomic E-state index is 12.7. The molecular formula is C13H18ClNO4S. The molecule has 0 saturated carbocycles. The molecule has 5 nitrogen and oxygen atoms in total. The summed E-state index contributed by atoms with van der Waals surface area (Å²) < 4.78 is 32.2. The largest absolute Gasteiger partial charge is 0.392 e. The molecule has 0 aliphatic carbocycles. The molecule has 1 heterocycles. The zero-order valence-electron chi connectivity index (χ0n) is 11.4. The summed E-state index contributed by atoms with van der Waals surface area (Å²) in [7, 11) is -3.61. The van der Waals surface area contributed by atoms with Gasteiger partial charge in [0.25, 0.3) is 0 Å². The first kappa shape index (κ1) is 15.7. The Hall–Kier alpha value is -0.660. The first-order chi connectivity index (χ1) is 9.36. The molecule has 1 saturated heterocycles. The van der Waals surface area contributed by atoms with Crippen LogP contribution in [0.3, 0.4) is 0 Å². The van der Waals surface area contributed by atoms with E-state index in [1.807, 2.05) is 13.8 Å². The lowest BCUT2D eigenvalue weighted by molar-refractivity contribution is -0.0170. The maximum absolute atomic E-state index is 12.7. The monoisotopic (exact) mass is 319 g/mol. The van der Waals surface area contributed by atoms with Gasteiger partial charge in [-0.3, -0.25) is 0 Å². The average Bonchev–Trinajstić information content (AvgIpc) is 2.41. The van der Waals surface area contributed by atoms with E-state index in [4.69, 9.17) is 16.3 Å². The molecule has 2 rings (SSSR count). The number of nitrogens with zero attached hydrogens (tertiary/aromatic N) is 1. The van der Waals surface area contributed by atoms with Crippen molar-refractivity contribution in [1.82, 2.24) is 4.31 Å². The van der Waals surface area contributed by atoms with E-state index in [9.17, 15) is 13.5 Å². The van der Waals surface area contributed by atoms with Crippen LogP contribution in [0.5, 0.6) is 0 Å². The second kappa shape index (κ2) is 5.99. The Balaban J connectivity index is 2.39. The molecule has 112 valence electrons. The van der Waals surface area contributed by atoms with Crippen molar-refractivity contribution >= 4 is 21.6 Å². The fraction of sp³-hybridized carbons (Fsp3) is 0.538. The third-order valence-corrected chi connectivity index (χ3v) is 5.69. The number of ether oxygens (including phenoxy) is 1. The van der Waals surface area contributed by atoms with Crippen molar-refractivity contribution in [3.8, 4) is 0 Å². The lowest BCUT2D eigenvalue weighted by Gasteiger charge is -2.35. The second-order valence-electron chi connectivity index (χ2n) is 4.98. The smallest absolute Gasteiger partial charge is 0.243 e. The van der Waals surface area contributed by atoms with Gasteiger partial charge >= 0.3 is 0 Å². The zero-order chi connectivity index (χ0) is 14.9. The predicted molar refractivity (Wildman–Crippen MR) is 76.1 cm³/mol. The number of halogens is 1. The van der Waals surface area contributed by atoms with Gasteiger partial charge in [-0.15, -0.1) is 0 Å². The molecule has 7 heteroatoms. The van der Waals surface area contributed by atoms with E-state index in [-0.39, 0.29) is 23.6 Å². The summed E-state index contributed by atoms with van der Waals surface area (Å²) >= 11 is 5.90. The van der Waals surface area contributed by atoms with Crippen LogP contribution in [0, 0.1) is 0 Å². The van der Waals surface area contributed by atoms with E-state index in [1.54, 1.807) is 0 Å². The van der Waals surface area contributed by atoms with Gasteiger partial charge in [0.15, 0.2) is 0 Å². The summed E-state index contributed by atoms with van der Waals surface area (Å²) in [5.74, 6) is 0. The van der Waals surface area contributed by atoms with Crippen LogP contribution < -0.4 is 0 Å². The highest BCUT2D eigenvalue weighted by atomic mass is 35.5. The van der Waals surface area contributed by atoms with Crippen molar-refractivity contribution in [3.05, 3.63) is 28.8 Å². The average molecular weight is 320 g/mol. The fourth-order valence-corrected chi connectivity index (χ4v) is 4.10. The minimum Gasteiger partial charge on any atom is -0.392 e. The zero-order valence-corrected chi connectivity index (χ0v) is 13.0. The number of rotatable bonds is 3. The van der Waals surface area contributed by atoms with Crippen LogP contribution in [0.25, 0.3) is 0 Å². The molecular weight excluding hydrogens is 302 g/mol. The lowest BCUT2D eigenvalue weighted by atomic mass is 10.2. The summed E-state index contributed by atoms with van der Waals surface area (Å²) in [5, 5.41) is 9.56. The van der Waals surface area contributed by atoms with Crippen LogP contribution in [-0.4, -0.2) is 43.1 Å². The molecule has 1 fully saturated rings. The molecule has 0 amide bonds. The number of benzene rings is 1. The number of hydrogen-bond donors (Lipinski definition) is 1. The molecule has 0 bridgehead atoms. The number of hydrogen-bond acceptors (Lipinski definition) is 4. The second-order valence-corrected chi connectivity index (χ2v) is 7.28. The van der Waals surface area contributed by atoms with Crippen LogP contribution in [-0.2, 0) is 21.4 Å². The molecule has 2 atom stereocenters. The van der Waals surface area contributed by atoms with Gasteiger partial charge < -0.3 is 9.84 Å². The van der Waals surface area contributed by atoms with Gasteiger partial charge in [0.05, 0.1) is 24.2 Å². The summed E-state index contributed by atoms with van der Waals surface area (Å²) in [6.45, 7) is 4.06. The van der Waals surface area contributed by atoms with Gasteiger partial charge in [0.1, 0.15) is 0 Å². The highest BCUT2D eigenvalue weighted by Crippen LogP contribution is 2.26. The third kappa shape index (κ3) is 2.99. The number of aliphatic hydroxyl groups is 1. The van der Waals surface area contributed by atoms with E-state index in [1.165, 1.54) is 22.5 Å². The van der Waals surface area contributed by atoms with Crippen LogP contribution >= 0.6 is 11.6 Å². The van der Waals surface area contributed by atoms with E-state index in [2.05, 4.69) is 0 Å². The molecule has 1 aliphatic heterocycles. The molecule has 0 radical (unpaired) electrons. The van der Waals surface area contributed by atoms with Crippen LogP contribution in [0.4, 0.5) is 0 Å².